The molecule has 0 fully saturated rings. The Balaban J connectivity index is 1.72. The van der Waals surface area contributed by atoms with Gasteiger partial charge in [-0.3, -0.25) is 0 Å². The summed E-state index contributed by atoms with van der Waals surface area (Å²) in [5, 5.41) is 14.1. The molecule has 0 aliphatic rings. The summed E-state index contributed by atoms with van der Waals surface area (Å²) >= 11 is 5.62. The Kier molecular flexibility index (Phi) is 4.57. The Morgan fingerprint density at radius 2 is 1.92 bits per heavy atom. The van der Waals surface area contributed by atoms with E-state index in [4.69, 9.17) is 11.6 Å². The summed E-state index contributed by atoms with van der Waals surface area (Å²) in [5.41, 5.74) is 3.56. The average molecular weight is 345 g/mol. The van der Waals surface area contributed by atoms with E-state index in [2.05, 4.69) is 15.3 Å². The van der Waals surface area contributed by atoms with Crippen LogP contribution in [-0.2, 0) is 6.54 Å². The number of rotatable bonds is 4. The Bertz CT molecular complexity index is 871. The van der Waals surface area contributed by atoms with E-state index in [9.17, 15) is 9.60 Å². The zero-order valence-corrected chi connectivity index (χ0v) is 13.6. The number of anilines is 1. The maximum Gasteiger partial charge on any atom is 0.202 e. The van der Waals surface area contributed by atoms with E-state index in [0.29, 0.717) is 12.2 Å². The number of benzene rings is 1. The van der Waals surface area contributed by atoms with Crippen molar-refractivity contribution >= 4 is 17.4 Å². The third-order valence-electron chi connectivity index (χ3n) is 3.60. The Labute approximate surface area is 143 Å². The van der Waals surface area contributed by atoms with Crippen LogP contribution in [0.1, 0.15) is 11.3 Å². The van der Waals surface area contributed by atoms with Gasteiger partial charge in [0, 0.05) is 25.6 Å². The van der Waals surface area contributed by atoms with Crippen molar-refractivity contribution in [3.8, 4) is 11.1 Å². The second kappa shape index (κ2) is 6.80. The molecule has 122 valence electrons. The topological polar surface area (TPSA) is 64.8 Å². The summed E-state index contributed by atoms with van der Waals surface area (Å²) in [6.45, 7) is 2.16. The molecule has 1 aromatic carbocycles. The van der Waals surface area contributed by atoms with Crippen LogP contribution in [0.4, 0.5) is 10.2 Å². The highest BCUT2D eigenvalue weighted by Gasteiger charge is 2.09. The molecule has 0 radical (unpaired) electrons. The Morgan fingerprint density at radius 1 is 1.17 bits per heavy atom. The first kappa shape index (κ1) is 16.1. The second-order valence-corrected chi connectivity index (χ2v) is 5.62. The second-order valence-electron chi connectivity index (χ2n) is 5.26. The first-order valence-corrected chi connectivity index (χ1v) is 7.61. The predicted octanol–water partition coefficient (Wildman–Crippen LogP) is 3.49. The first-order chi connectivity index (χ1) is 11.5. The number of hydrogen-bond acceptors (Lipinski definition) is 4. The summed E-state index contributed by atoms with van der Waals surface area (Å²) in [4.78, 5) is 7.39. The first-order valence-electron chi connectivity index (χ1n) is 7.23. The third-order valence-corrected chi connectivity index (χ3v) is 3.86. The highest BCUT2D eigenvalue weighted by molar-refractivity contribution is 6.29. The molecule has 24 heavy (non-hydrogen) atoms. The lowest BCUT2D eigenvalue weighted by Crippen LogP contribution is -2.28. The predicted molar refractivity (Wildman–Crippen MR) is 89.9 cm³/mol. The van der Waals surface area contributed by atoms with E-state index < -0.39 is 5.82 Å². The van der Waals surface area contributed by atoms with E-state index in [1.54, 1.807) is 13.0 Å². The van der Waals surface area contributed by atoms with Crippen LogP contribution in [-0.4, -0.2) is 9.97 Å². The molecule has 0 saturated carbocycles. The maximum absolute atomic E-state index is 13.7. The lowest BCUT2D eigenvalue weighted by atomic mass is 10.0. The zero-order valence-electron chi connectivity index (χ0n) is 12.8. The quantitative estimate of drug-likeness (QED) is 0.447. The molecule has 1 N–H and O–H groups in total. The van der Waals surface area contributed by atoms with Crippen molar-refractivity contribution < 1.29 is 9.12 Å². The number of hydrogen-bond donors (Lipinski definition) is 1. The summed E-state index contributed by atoms with van der Waals surface area (Å²) in [6.07, 6.45) is 2.69. The van der Waals surface area contributed by atoms with Gasteiger partial charge in [0.25, 0.3) is 0 Å². The van der Waals surface area contributed by atoms with Gasteiger partial charge < -0.3 is 10.5 Å². The monoisotopic (exact) mass is 344 g/mol. The molecule has 0 bridgehead atoms. The molecule has 0 aliphatic heterocycles. The van der Waals surface area contributed by atoms with Crippen LogP contribution >= 0.6 is 11.6 Å². The maximum atomic E-state index is 13.7. The summed E-state index contributed by atoms with van der Waals surface area (Å²) < 4.78 is 14.5. The number of pyridine rings is 1. The fourth-order valence-electron chi connectivity index (χ4n) is 2.25. The van der Waals surface area contributed by atoms with E-state index >= 15 is 0 Å². The molecule has 0 saturated heterocycles. The highest BCUT2D eigenvalue weighted by Crippen LogP contribution is 2.21. The SMILES string of the molecule is Cc1cc(-c2ccc(CNc3ncnc(Cl)c3F)cc2)cc[n+]1[O-]. The Hall–Kier alpha value is -2.73. The van der Waals surface area contributed by atoms with E-state index in [1.807, 2.05) is 30.3 Å². The van der Waals surface area contributed by atoms with E-state index in [1.165, 1.54) is 12.5 Å². The highest BCUT2D eigenvalue weighted by atomic mass is 35.5. The molecule has 0 spiro atoms. The van der Waals surface area contributed by atoms with Gasteiger partial charge in [0.05, 0.1) is 0 Å². The largest absolute Gasteiger partial charge is 0.619 e. The summed E-state index contributed by atoms with van der Waals surface area (Å²) in [6, 6.07) is 11.4. The summed E-state index contributed by atoms with van der Waals surface area (Å²) in [7, 11) is 0. The van der Waals surface area contributed by atoms with Gasteiger partial charge in [-0.2, -0.15) is 9.12 Å². The van der Waals surface area contributed by atoms with Crippen LogP contribution in [0, 0.1) is 17.9 Å². The molecular weight excluding hydrogens is 331 g/mol. The van der Waals surface area contributed by atoms with Gasteiger partial charge in [0.1, 0.15) is 6.33 Å². The van der Waals surface area contributed by atoms with Crippen LogP contribution in [0.3, 0.4) is 0 Å². The lowest BCUT2D eigenvalue weighted by Gasteiger charge is -2.08. The van der Waals surface area contributed by atoms with Gasteiger partial charge in [-0.15, -0.1) is 0 Å². The van der Waals surface area contributed by atoms with Crippen molar-refractivity contribution in [2.75, 3.05) is 5.32 Å². The minimum atomic E-state index is -0.665. The van der Waals surface area contributed by atoms with E-state index in [-0.39, 0.29) is 11.0 Å². The van der Waals surface area contributed by atoms with Crippen LogP contribution in [0.25, 0.3) is 11.1 Å². The zero-order chi connectivity index (χ0) is 17.1. The average Bonchev–Trinajstić information content (AvgIpc) is 2.59. The van der Waals surface area contributed by atoms with Crippen LogP contribution in [0.2, 0.25) is 5.15 Å². The lowest BCUT2D eigenvalue weighted by molar-refractivity contribution is -0.612. The smallest absolute Gasteiger partial charge is 0.202 e. The molecule has 0 aliphatic carbocycles. The van der Waals surface area contributed by atoms with Crippen molar-refractivity contribution in [2.45, 2.75) is 13.5 Å². The van der Waals surface area contributed by atoms with Gasteiger partial charge >= 0.3 is 0 Å². The van der Waals surface area contributed by atoms with Gasteiger partial charge in [0.2, 0.25) is 5.82 Å². The van der Waals surface area contributed by atoms with Crippen molar-refractivity contribution in [3.05, 3.63) is 76.4 Å². The molecule has 0 atom stereocenters. The van der Waals surface area contributed by atoms with Gasteiger partial charge in [0.15, 0.2) is 22.9 Å². The molecule has 7 heteroatoms. The minimum absolute atomic E-state index is 0.0674. The molecule has 2 aromatic heterocycles. The van der Waals surface area contributed by atoms with Crippen molar-refractivity contribution in [1.29, 1.82) is 0 Å². The minimum Gasteiger partial charge on any atom is -0.619 e. The molecular formula is C17H14ClFN4O. The Morgan fingerprint density at radius 3 is 2.62 bits per heavy atom. The van der Waals surface area contributed by atoms with Crippen molar-refractivity contribution in [3.63, 3.8) is 0 Å². The van der Waals surface area contributed by atoms with Crippen LogP contribution in [0.5, 0.6) is 0 Å². The van der Waals surface area contributed by atoms with Gasteiger partial charge in [-0.05, 0) is 16.7 Å². The fourth-order valence-corrected chi connectivity index (χ4v) is 2.39. The third kappa shape index (κ3) is 3.44. The molecule has 0 amide bonds. The number of halogens is 2. The molecule has 0 unspecified atom stereocenters. The normalized spacial score (nSPS) is 10.6. The molecule has 2 heterocycles. The van der Waals surface area contributed by atoms with Crippen LogP contribution in [0.15, 0.2) is 48.9 Å². The number of nitrogens with one attached hydrogen (secondary N) is 1. The molecule has 5 nitrogen and oxygen atoms in total. The van der Waals surface area contributed by atoms with Gasteiger partial charge in [-0.1, -0.05) is 35.9 Å². The number of nitrogens with zero attached hydrogens (tertiary/aromatic N) is 3. The van der Waals surface area contributed by atoms with Crippen LogP contribution < -0.4 is 10.0 Å². The molecule has 3 rings (SSSR count). The molecule has 3 aromatic rings. The standard InChI is InChI=1S/C17H14ClFN4O/c1-11-8-14(6-7-23(11)24)13-4-2-12(3-5-13)9-20-17-15(19)16(18)21-10-22-17/h2-8,10H,9H2,1H3,(H,20,21,22). The summed E-state index contributed by atoms with van der Waals surface area (Å²) in [5.74, 6) is -0.598. The van der Waals surface area contributed by atoms with Crippen molar-refractivity contribution in [1.82, 2.24) is 9.97 Å². The number of aromatic nitrogens is 3. The van der Waals surface area contributed by atoms with E-state index in [0.717, 1.165) is 21.4 Å². The van der Waals surface area contributed by atoms with Crippen molar-refractivity contribution in [2.24, 2.45) is 0 Å². The number of aryl methyl sites for hydroxylation is 1. The fraction of sp³-hybridized carbons (Fsp3) is 0.118. The van der Waals surface area contributed by atoms with Gasteiger partial charge in [-0.25, -0.2) is 9.97 Å².